The highest BCUT2D eigenvalue weighted by molar-refractivity contribution is 7.10. The maximum absolute atomic E-state index is 12.7. The Hall–Kier alpha value is -1.68. The third kappa shape index (κ3) is 2.24. The van der Waals surface area contributed by atoms with Crippen molar-refractivity contribution in [3.8, 4) is 0 Å². The van der Waals surface area contributed by atoms with Crippen molar-refractivity contribution in [2.24, 2.45) is 0 Å². The summed E-state index contributed by atoms with van der Waals surface area (Å²) in [7, 11) is 0. The lowest BCUT2D eigenvalue weighted by molar-refractivity contribution is 0.0651. The van der Waals surface area contributed by atoms with Crippen LogP contribution in [0.4, 0.5) is 0 Å². The molecule has 0 radical (unpaired) electrons. The summed E-state index contributed by atoms with van der Waals surface area (Å²) in [5.74, 6) is 0.0531. The lowest BCUT2D eigenvalue weighted by Gasteiger charge is -2.35. The summed E-state index contributed by atoms with van der Waals surface area (Å²) in [5.41, 5.74) is 2.77. The molecule has 20 heavy (non-hydrogen) atoms. The number of rotatable bonds is 2. The van der Waals surface area contributed by atoms with Crippen molar-refractivity contribution in [2.45, 2.75) is 32.7 Å². The summed E-state index contributed by atoms with van der Waals surface area (Å²) in [6, 6.07) is 7.99. The van der Waals surface area contributed by atoms with Crippen LogP contribution < -0.4 is 0 Å². The van der Waals surface area contributed by atoms with Crippen LogP contribution in [0.25, 0.3) is 0 Å². The monoisotopic (exact) mass is 286 g/mol. The first-order valence-corrected chi connectivity index (χ1v) is 7.89. The van der Waals surface area contributed by atoms with Crippen molar-refractivity contribution >= 4 is 17.2 Å². The Labute approximate surface area is 123 Å². The van der Waals surface area contributed by atoms with E-state index in [4.69, 9.17) is 0 Å². The molecule has 3 heterocycles. The molecular weight excluding hydrogens is 268 g/mol. The molecule has 1 aliphatic rings. The van der Waals surface area contributed by atoms with Gasteiger partial charge >= 0.3 is 0 Å². The highest BCUT2D eigenvalue weighted by atomic mass is 32.1. The first-order chi connectivity index (χ1) is 9.70. The number of hydrogen-bond acceptors (Lipinski definition) is 3. The molecule has 0 saturated heterocycles. The molecule has 1 unspecified atom stereocenters. The van der Waals surface area contributed by atoms with E-state index in [0.29, 0.717) is 5.69 Å². The van der Waals surface area contributed by atoms with Crippen molar-refractivity contribution in [1.29, 1.82) is 0 Å². The summed E-state index contributed by atoms with van der Waals surface area (Å²) >= 11 is 1.80. The van der Waals surface area contributed by atoms with E-state index in [0.717, 1.165) is 25.1 Å². The first-order valence-electron chi connectivity index (χ1n) is 7.01. The fraction of sp³-hybridized carbons (Fsp3) is 0.375. The summed E-state index contributed by atoms with van der Waals surface area (Å²) in [4.78, 5) is 20.5. The highest BCUT2D eigenvalue weighted by Gasteiger charge is 2.31. The van der Waals surface area contributed by atoms with Gasteiger partial charge in [-0.2, -0.15) is 0 Å². The van der Waals surface area contributed by atoms with Gasteiger partial charge in [0, 0.05) is 17.1 Å². The van der Waals surface area contributed by atoms with Gasteiger partial charge in [0.2, 0.25) is 0 Å². The number of nitrogens with zero attached hydrogens (tertiary/aromatic N) is 2. The van der Waals surface area contributed by atoms with E-state index < -0.39 is 0 Å². The number of thiophene rings is 1. The zero-order valence-corrected chi connectivity index (χ0v) is 12.6. The Bertz CT molecular complexity index is 635. The van der Waals surface area contributed by atoms with E-state index >= 15 is 0 Å². The number of hydrogen-bond donors (Lipinski definition) is 0. The topological polar surface area (TPSA) is 33.2 Å². The molecule has 0 fully saturated rings. The minimum atomic E-state index is 0.0531. The van der Waals surface area contributed by atoms with Crippen LogP contribution in [-0.4, -0.2) is 22.3 Å². The normalized spacial score (nSPS) is 17.9. The van der Waals surface area contributed by atoms with Crippen LogP contribution in [0.1, 0.15) is 46.0 Å². The number of aryl methyl sites for hydroxylation is 1. The van der Waals surface area contributed by atoms with Crippen LogP contribution in [0.3, 0.4) is 0 Å². The highest BCUT2D eigenvalue weighted by Crippen LogP contribution is 2.35. The Morgan fingerprint density at radius 3 is 3.05 bits per heavy atom. The van der Waals surface area contributed by atoms with E-state index in [1.165, 1.54) is 10.4 Å². The quantitative estimate of drug-likeness (QED) is 0.845. The average molecular weight is 286 g/mol. The van der Waals surface area contributed by atoms with Crippen molar-refractivity contribution in [1.82, 2.24) is 9.88 Å². The Morgan fingerprint density at radius 2 is 2.30 bits per heavy atom. The van der Waals surface area contributed by atoms with Crippen molar-refractivity contribution in [3.63, 3.8) is 0 Å². The minimum Gasteiger partial charge on any atom is -0.330 e. The molecule has 2 aromatic heterocycles. The van der Waals surface area contributed by atoms with Gasteiger partial charge in [0.05, 0.1) is 6.04 Å². The van der Waals surface area contributed by atoms with E-state index in [2.05, 4.69) is 23.4 Å². The van der Waals surface area contributed by atoms with Crippen LogP contribution in [0, 0.1) is 6.92 Å². The van der Waals surface area contributed by atoms with Gasteiger partial charge in [-0.1, -0.05) is 13.0 Å². The standard InChI is InChI=1S/C16H18N2OS/c1-3-14-12-8-10-20-15(12)7-9-18(14)16(19)13-6-4-5-11(2)17-13/h4-6,8,10,14H,3,7,9H2,1-2H3. The Morgan fingerprint density at radius 1 is 1.45 bits per heavy atom. The van der Waals surface area contributed by atoms with Crippen LogP contribution in [0.5, 0.6) is 0 Å². The molecule has 0 aliphatic carbocycles. The number of fused-ring (bicyclic) bond motifs is 1. The molecule has 104 valence electrons. The summed E-state index contributed by atoms with van der Waals surface area (Å²) in [5, 5.41) is 2.13. The third-order valence-corrected chi connectivity index (χ3v) is 4.85. The van der Waals surface area contributed by atoms with Crippen LogP contribution >= 0.6 is 11.3 Å². The predicted octanol–water partition coefficient (Wildman–Crippen LogP) is 3.60. The van der Waals surface area contributed by atoms with Gasteiger partial charge in [-0.05, 0) is 48.9 Å². The lowest BCUT2D eigenvalue weighted by Crippen LogP contribution is -2.39. The molecule has 0 N–H and O–H groups in total. The Balaban J connectivity index is 1.92. The predicted molar refractivity (Wildman–Crippen MR) is 81.1 cm³/mol. The molecule has 1 atom stereocenters. The van der Waals surface area contributed by atoms with E-state index in [1.54, 1.807) is 11.3 Å². The largest absolute Gasteiger partial charge is 0.330 e. The van der Waals surface area contributed by atoms with Gasteiger partial charge in [-0.3, -0.25) is 4.79 Å². The molecule has 3 rings (SSSR count). The average Bonchev–Trinajstić information content (AvgIpc) is 2.93. The van der Waals surface area contributed by atoms with Gasteiger partial charge in [0.25, 0.3) is 5.91 Å². The van der Waals surface area contributed by atoms with E-state index in [9.17, 15) is 4.79 Å². The first kappa shape index (κ1) is 13.3. The van der Waals surface area contributed by atoms with Gasteiger partial charge in [-0.15, -0.1) is 11.3 Å². The molecule has 1 amide bonds. The third-order valence-electron chi connectivity index (χ3n) is 3.85. The lowest BCUT2D eigenvalue weighted by atomic mass is 9.97. The second kappa shape index (κ2) is 5.37. The fourth-order valence-corrected chi connectivity index (χ4v) is 3.82. The summed E-state index contributed by atoms with van der Waals surface area (Å²) < 4.78 is 0. The summed E-state index contributed by atoms with van der Waals surface area (Å²) in [6.45, 7) is 4.85. The van der Waals surface area contributed by atoms with Crippen molar-refractivity contribution < 1.29 is 4.79 Å². The molecule has 0 bridgehead atoms. The zero-order chi connectivity index (χ0) is 14.1. The van der Waals surface area contributed by atoms with E-state index in [-0.39, 0.29) is 11.9 Å². The second-order valence-corrected chi connectivity index (χ2v) is 6.14. The van der Waals surface area contributed by atoms with Crippen molar-refractivity contribution in [2.75, 3.05) is 6.54 Å². The maximum atomic E-state index is 12.7. The smallest absolute Gasteiger partial charge is 0.272 e. The molecule has 2 aromatic rings. The van der Waals surface area contributed by atoms with Crippen LogP contribution in [0.2, 0.25) is 0 Å². The van der Waals surface area contributed by atoms with Gasteiger partial charge < -0.3 is 4.90 Å². The molecule has 0 saturated carbocycles. The molecule has 1 aliphatic heterocycles. The van der Waals surface area contributed by atoms with Gasteiger partial charge in [-0.25, -0.2) is 4.98 Å². The second-order valence-electron chi connectivity index (χ2n) is 5.14. The molecule has 0 aromatic carbocycles. The number of amides is 1. The molecular formula is C16H18N2OS. The number of carbonyl (C=O) groups excluding carboxylic acids is 1. The van der Waals surface area contributed by atoms with Crippen molar-refractivity contribution in [3.05, 3.63) is 51.5 Å². The van der Waals surface area contributed by atoms with E-state index in [1.807, 2.05) is 30.0 Å². The summed E-state index contributed by atoms with van der Waals surface area (Å²) in [6.07, 6.45) is 1.91. The zero-order valence-electron chi connectivity index (χ0n) is 11.8. The molecule has 4 heteroatoms. The van der Waals surface area contributed by atoms with Gasteiger partial charge in [0.1, 0.15) is 5.69 Å². The maximum Gasteiger partial charge on any atom is 0.272 e. The number of carbonyl (C=O) groups is 1. The number of pyridine rings is 1. The Kier molecular flexibility index (Phi) is 3.57. The minimum absolute atomic E-state index is 0.0531. The molecule has 3 nitrogen and oxygen atoms in total. The molecule has 0 spiro atoms. The van der Waals surface area contributed by atoms with Crippen LogP contribution in [0.15, 0.2) is 29.6 Å². The fourth-order valence-electron chi connectivity index (χ4n) is 2.89. The van der Waals surface area contributed by atoms with Gasteiger partial charge in [0.15, 0.2) is 0 Å². The number of aromatic nitrogens is 1. The SMILES string of the molecule is CCC1c2ccsc2CCN1C(=O)c1cccc(C)n1. The van der Waals surface area contributed by atoms with Crippen LogP contribution in [-0.2, 0) is 6.42 Å².